The van der Waals surface area contributed by atoms with Gasteiger partial charge in [0.15, 0.2) is 12.4 Å². The summed E-state index contributed by atoms with van der Waals surface area (Å²) in [5.74, 6) is -0.147. The topological polar surface area (TPSA) is 82.8 Å². The zero-order chi connectivity index (χ0) is 26.2. The summed E-state index contributed by atoms with van der Waals surface area (Å²) in [4.78, 5) is 12.8. The number of hydrogen-bond donors (Lipinski definition) is 1. The highest BCUT2D eigenvalue weighted by Crippen LogP contribution is 2.34. The molecule has 0 saturated carbocycles. The van der Waals surface area contributed by atoms with Crippen molar-refractivity contribution in [2.75, 3.05) is 13.9 Å². The number of esters is 1. The van der Waals surface area contributed by atoms with Crippen molar-refractivity contribution >= 4 is 46.3 Å². The van der Waals surface area contributed by atoms with Gasteiger partial charge in [-0.1, -0.05) is 53.0 Å². The molecule has 2 atom stereocenters. The number of aliphatic hydroxyl groups is 1. The fourth-order valence-electron chi connectivity index (χ4n) is 4.24. The predicted molar refractivity (Wildman–Crippen MR) is 141 cm³/mol. The van der Waals surface area contributed by atoms with Crippen molar-refractivity contribution in [3.63, 3.8) is 0 Å². The molecule has 1 aliphatic heterocycles. The van der Waals surface area contributed by atoms with E-state index in [0.29, 0.717) is 37.9 Å². The Labute approximate surface area is 228 Å². The van der Waals surface area contributed by atoms with E-state index < -0.39 is 11.6 Å². The van der Waals surface area contributed by atoms with Crippen LogP contribution < -0.4 is 0 Å². The van der Waals surface area contributed by atoms with Crippen LogP contribution in [0.3, 0.4) is 0 Å². The maximum atomic E-state index is 12.8. The van der Waals surface area contributed by atoms with Gasteiger partial charge in [0.1, 0.15) is 11.9 Å². The second-order valence-corrected chi connectivity index (χ2v) is 9.75. The third-order valence-electron chi connectivity index (χ3n) is 6.09. The lowest BCUT2D eigenvalue weighted by atomic mass is 9.89. The molecule has 1 aromatic heterocycles. The van der Waals surface area contributed by atoms with Gasteiger partial charge in [0, 0.05) is 22.0 Å². The monoisotopic (exact) mass is 558 g/mol. The largest absolute Gasteiger partial charge is 0.469 e. The van der Waals surface area contributed by atoms with E-state index in [1.165, 1.54) is 13.2 Å². The summed E-state index contributed by atoms with van der Waals surface area (Å²) in [5, 5.41) is 17.5. The van der Waals surface area contributed by atoms with Crippen LogP contribution in [-0.2, 0) is 31.0 Å². The van der Waals surface area contributed by atoms with Crippen molar-refractivity contribution in [1.29, 1.82) is 0 Å². The number of rotatable bonds is 6. The third-order valence-corrected chi connectivity index (χ3v) is 6.88. The molecule has 190 valence electrons. The Balaban J connectivity index is 1.64. The van der Waals surface area contributed by atoms with Crippen molar-refractivity contribution in [3.05, 3.63) is 111 Å². The number of aromatic nitrogens is 2. The first-order valence-electron chi connectivity index (χ1n) is 11.2. The first-order chi connectivity index (χ1) is 17.8. The Morgan fingerprint density at radius 3 is 2.76 bits per heavy atom. The van der Waals surface area contributed by atoms with Crippen LogP contribution in [0.15, 0.2) is 78.6 Å². The van der Waals surface area contributed by atoms with Gasteiger partial charge in [-0.05, 0) is 60.2 Å². The lowest BCUT2D eigenvalue weighted by Gasteiger charge is -2.25. The number of methoxy groups -OCH3 is 1. The second-order valence-electron chi connectivity index (χ2n) is 8.47. The Bertz CT molecular complexity index is 1460. The highest BCUT2D eigenvalue weighted by Gasteiger charge is 2.41. The molecule has 5 rings (SSSR count). The zero-order valence-corrected chi connectivity index (χ0v) is 21.8. The summed E-state index contributed by atoms with van der Waals surface area (Å²) >= 11 is 19.0. The van der Waals surface area contributed by atoms with Crippen LogP contribution in [0.2, 0.25) is 15.1 Å². The highest BCUT2D eigenvalue weighted by molar-refractivity contribution is 6.34. The molecule has 2 heterocycles. The fraction of sp³-hybridized carbons (Fsp3) is 0.185. The molecule has 1 N–H and O–H groups in total. The number of fused-ring (bicyclic) bond motifs is 1. The van der Waals surface area contributed by atoms with Gasteiger partial charge in [0.05, 0.1) is 29.2 Å². The van der Waals surface area contributed by atoms with Crippen LogP contribution >= 0.6 is 34.8 Å². The number of allylic oxidation sites excluding steroid dienone is 4. The quantitative estimate of drug-likeness (QED) is 0.393. The lowest BCUT2D eigenvalue weighted by molar-refractivity contribution is -0.163. The molecule has 2 aliphatic rings. The summed E-state index contributed by atoms with van der Waals surface area (Å²) in [6, 6.07) is 13.2. The molecule has 37 heavy (non-hydrogen) atoms. The second kappa shape index (κ2) is 10.4. The van der Waals surface area contributed by atoms with E-state index in [4.69, 9.17) is 54.1 Å². The minimum Gasteiger partial charge on any atom is -0.469 e. The zero-order valence-electron chi connectivity index (χ0n) is 19.5. The van der Waals surface area contributed by atoms with Gasteiger partial charge in [-0.3, -0.25) is 0 Å². The average Bonchev–Trinajstić information content (AvgIpc) is 3.46. The first-order valence-corrected chi connectivity index (χ1v) is 12.4. The van der Waals surface area contributed by atoms with E-state index in [2.05, 4.69) is 0 Å². The van der Waals surface area contributed by atoms with Crippen LogP contribution in [0.5, 0.6) is 0 Å². The molecule has 1 saturated heterocycles. The number of benzene rings is 2. The van der Waals surface area contributed by atoms with Crippen molar-refractivity contribution in [3.8, 4) is 5.69 Å². The minimum atomic E-state index is -2.04. The summed E-state index contributed by atoms with van der Waals surface area (Å²) in [6.07, 6.45) is 7.00. The van der Waals surface area contributed by atoms with Crippen molar-refractivity contribution in [2.24, 2.45) is 0 Å². The highest BCUT2D eigenvalue weighted by atomic mass is 35.5. The molecule has 3 aromatic rings. The first kappa shape index (κ1) is 25.6. The molecule has 2 aromatic carbocycles. The van der Waals surface area contributed by atoms with E-state index in [1.807, 2.05) is 24.3 Å². The smallest absolute Gasteiger partial charge is 0.342 e. The molecule has 7 nitrogen and oxygen atoms in total. The number of ether oxygens (including phenoxy) is 3. The van der Waals surface area contributed by atoms with Crippen LogP contribution in [-0.4, -0.2) is 40.9 Å². The maximum Gasteiger partial charge on any atom is 0.342 e. The van der Waals surface area contributed by atoms with Gasteiger partial charge >= 0.3 is 5.97 Å². The normalized spacial score (nSPS) is 18.2. The van der Waals surface area contributed by atoms with Crippen LogP contribution in [0.25, 0.3) is 11.3 Å². The number of carbonyl (C=O) groups is 1. The molecule has 10 heteroatoms. The van der Waals surface area contributed by atoms with E-state index in [9.17, 15) is 9.90 Å². The molecule has 1 fully saturated rings. The van der Waals surface area contributed by atoms with Crippen LogP contribution in [0.4, 0.5) is 0 Å². The summed E-state index contributed by atoms with van der Waals surface area (Å²) in [7, 11) is 1.21. The standard InChI is InChI=1S/C27H21Cl3N2O5/c1-35-26(33)27(34,17-3-2-4-18(28)11-17)14-20-13-22(16-5-9-24-25(10-6-16)37-15-36-24)32(31-20)23-12-19(29)7-8-21(23)30/h2-13,24,34H,14-15H2,1H3. The lowest BCUT2D eigenvalue weighted by Crippen LogP contribution is -2.39. The van der Waals surface area contributed by atoms with Gasteiger partial charge in [-0.15, -0.1) is 0 Å². The average molecular weight is 560 g/mol. The van der Waals surface area contributed by atoms with E-state index in [-0.39, 0.29) is 24.9 Å². The predicted octanol–water partition coefficient (Wildman–Crippen LogP) is 5.65. The van der Waals surface area contributed by atoms with Gasteiger partial charge in [0.2, 0.25) is 0 Å². The van der Waals surface area contributed by atoms with E-state index in [0.717, 1.165) is 5.57 Å². The van der Waals surface area contributed by atoms with Crippen LogP contribution in [0.1, 0.15) is 17.0 Å². The molecule has 2 unspecified atom stereocenters. The number of hydrogen-bond acceptors (Lipinski definition) is 6. The third kappa shape index (κ3) is 5.06. The molecule has 0 amide bonds. The molecule has 1 aliphatic carbocycles. The van der Waals surface area contributed by atoms with Gasteiger partial charge in [-0.2, -0.15) is 5.10 Å². The fourth-order valence-corrected chi connectivity index (χ4v) is 4.80. The maximum absolute atomic E-state index is 12.8. The SMILES string of the molecule is COC(=O)C(O)(Cc1cc(C2=CC=C3OCOC3C=C2)n(-c2cc(Cl)ccc2Cl)n1)c1cccc(Cl)c1. The van der Waals surface area contributed by atoms with Crippen molar-refractivity contribution in [1.82, 2.24) is 9.78 Å². The Kier molecular flexibility index (Phi) is 7.16. The molecule has 0 bridgehead atoms. The van der Waals surface area contributed by atoms with E-state index >= 15 is 0 Å². The Hall–Kier alpha value is -3.07. The number of halogens is 3. The number of carbonyl (C=O) groups excluding carboxylic acids is 1. The molecule has 0 radical (unpaired) electrons. The summed E-state index contributed by atoms with van der Waals surface area (Å²) in [6.45, 7) is 0.194. The Morgan fingerprint density at radius 2 is 1.97 bits per heavy atom. The van der Waals surface area contributed by atoms with Gasteiger partial charge < -0.3 is 19.3 Å². The summed E-state index contributed by atoms with van der Waals surface area (Å²) < 4.78 is 17.7. The molecular formula is C27H21Cl3N2O5. The minimum absolute atomic E-state index is 0.189. The molecular weight excluding hydrogens is 539 g/mol. The van der Waals surface area contributed by atoms with E-state index in [1.54, 1.807) is 47.1 Å². The van der Waals surface area contributed by atoms with Crippen LogP contribution in [0, 0.1) is 0 Å². The number of nitrogens with zero attached hydrogens (tertiary/aromatic N) is 2. The van der Waals surface area contributed by atoms with Gasteiger partial charge in [-0.25, -0.2) is 9.48 Å². The summed E-state index contributed by atoms with van der Waals surface area (Å²) in [5.41, 5.74) is 0.585. The molecule has 0 spiro atoms. The van der Waals surface area contributed by atoms with Crippen molar-refractivity contribution < 1.29 is 24.1 Å². The van der Waals surface area contributed by atoms with Gasteiger partial charge in [0.25, 0.3) is 0 Å². The van der Waals surface area contributed by atoms with Crippen molar-refractivity contribution in [2.45, 2.75) is 18.1 Å². The Morgan fingerprint density at radius 1 is 1.16 bits per heavy atom.